The summed E-state index contributed by atoms with van der Waals surface area (Å²) < 4.78 is 32.9. The maximum atomic E-state index is 11.5. The van der Waals surface area contributed by atoms with Crippen molar-refractivity contribution in [2.75, 3.05) is 11.0 Å². The van der Waals surface area contributed by atoms with Gasteiger partial charge in [-0.25, -0.2) is 9.71 Å². The van der Waals surface area contributed by atoms with E-state index in [-0.39, 0.29) is 0 Å². The van der Waals surface area contributed by atoms with Crippen LogP contribution in [0.4, 0.5) is 5.69 Å². The molecule has 0 spiro atoms. The number of hydrogen-bond acceptors (Lipinski definition) is 5. The van der Waals surface area contributed by atoms with Gasteiger partial charge in [0.1, 0.15) is 22.4 Å². The number of fused-ring (bicyclic) bond motifs is 1. The van der Waals surface area contributed by atoms with Crippen molar-refractivity contribution in [3.63, 3.8) is 0 Å². The molecule has 0 saturated heterocycles. The lowest BCUT2D eigenvalue weighted by molar-refractivity contribution is 0.393. The Bertz CT molecular complexity index is 1170. The first-order chi connectivity index (χ1) is 12.8. The van der Waals surface area contributed by atoms with E-state index >= 15 is 0 Å². The van der Waals surface area contributed by atoms with E-state index in [1.54, 1.807) is 24.7 Å². The van der Waals surface area contributed by atoms with Gasteiger partial charge < -0.3 is 13.5 Å². The molecule has 0 bridgehead atoms. The van der Waals surface area contributed by atoms with E-state index in [2.05, 4.69) is 14.9 Å². The monoisotopic (exact) mass is 382 g/mol. The Labute approximate surface area is 157 Å². The van der Waals surface area contributed by atoms with Crippen molar-refractivity contribution >= 4 is 21.6 Å². The highest BCUT2D eigenvalue weighted by Crippen LogP contribution is 2.34. The first-order valence-corrected chi connectivity index (χ1v) is 10.2. The molecule has 0 amide bonds. The van der Waals surface area contributed by atoms with Gasteiger partial charge in [-0.2, -0.15) is 0 Å². The maximum Gasteiger partial charge on any atom is 0.142 e. The van der Waals surface area contributed by atoms with Gasteiger partial charge in [-0.1, -0.05) is 21.5 Å². The summed E-state index contributed by atoms with van der Waals surface area (Å²) in [6, 6.07) is 9.31. The maximum absolute atomic E-state index is 11.5. The molecule has 0 saturated carbocycles. The molecule has 4 aromatic rings. The van der Waals surface area contributed by atoms with Crippen LogP contribution in [-0.4, -0.2) is 25.3 Å². The lowest BCUT2D eigenvalue weighted by Crippen LogP contribution is -2.17. The number of imidazole rings is 1. The van der Waals surface area contributed by atoms with Gasteiger partial charge in [-0.15, -0.1) is 0 Å². The summed E-state index contributed by atoms with van der Waals surface area (Å²) in [4.78, 5) is 4.25. The van der Waals surface area contributed by atoms with Gasteiger partial charge in [0.25, 0.3) is 0 Å². The first kappa shape index (κ1) is 17.4. The van der Waals surface area contributed by atoms with Crippen molar-refractivity contribution in [3.8, 4) is 22.3 Å². The van der Waals surface area contributed by atoms with Crippen LogP contribution in [-0.2, 0) is 14.6 Å². The zero-order chi connectivity index (χ0) is 19.2. The minimum atomic E-state index is -3.34. The Balaban J connectivity index is 1.89. The molecule has 4 rings (SSSR count). The average molecular weight is 382 g/mol. The summed E-state index contributed by atoms with van der Waals surface area (Å²) in [6.07, 6.45) is 6.63. The number of pyridine rings is 1. The lowest BCUT2D eigenvalue weighted by atomic mass is 9.99. The van der Waals surface area contributed by atoms with Crippen molar-refractivity contribution in [1.82, 2.24) is 14.5 Å². The normalized spacial score (nSPS) is 13.6. The van der Waals surface area contributed by atoms with Crippen molar-refractivity contribution in [2.24, 2.45) is 0 Å². The van der Waals surface area contributed by atoms with Crippen LogP contribution in [0.5, 0.6) is 0 Å². The second kappa shape index (κ2) is 6.33. The molecule has 3 heterocycles. The molecule has 0 aliphatic rings. The van der Waals surface area contributed by atoms with E-state index in [0.717, 1.165) is 45.5 Å². The minimum Gasteiger partial charge on any atom is -0.593 e. The van der Waals surface area contributed by atoms with Crippen LogP contribution in [0.1, 0.15) is 11.5 Å². The molecule has 1 N–H and O–H groups in total. The quantitative estimate of drug-likeness (QED) is 0.541. The highest BCUT2D eigenvalue weighted by Gasteiger charge is 2.17. The third kappa shape index (κ3) is 3.36. The summed E-state index contributed by atoms with van der Waals surface area (Å²) >= 11 is 0. The number of hydrogen-bond donors (Lipinski definition) is 1. The first-order valence-electron chi connectivity index (χ1n) is 8.29. The second-order valence-corrected chi connectivity index (χ2v) is 8.23. The Hall–Kier alpha value is -2.97. The van der Waals surface area contributed by atoms with Crippen LogP contribution >= 0.6 is 0 Å². The molecule has 1 aromatic carbocycles. The Morgan fingerprint density at radius 1 is 1.22 bits per heavy atom. The van der Waals surface area contributed by atoms with E-state index in [9.17, 15) is 8.76 Å². The fraction of sp³-hybridized carbons (Fsp3) is 0.158. The largest absolute Gasteiger partial charge is 0.593 e. The Morgan fingerprint density at radius 3 is 2.74 bits per heavy atom. The topological polar surface area (TPSA) is 95.5 Å². The molecular formula is C19H18N4O3S. The van der Waals surface area contributed by atoms with Gasteiger partial charge in [0.05, 0.1) is 29.4 Å². The third-order valence-corrected chi connectivity index (χ3v) is 4.93. The van der Waals surface area contributed by atoms with Gasteiger partial charge in [0, 0.05) is 17.3 Å². The molecule has 27 heavy (non-hydrogen) atoms. The Kier molecular flexibility index (Phi) is 4.09. The number of rotatable bonds is 4. The number of anilines is 1. The van der Waals surface area contributed by atoms with Crippen LogP contribution in [0.15, 0.2) is 53.6 Å². The summed E-state index contributed by atoms with van der Waals surface area (Å²) in [5.41, 5.74) is 5.97. The summed E-state index contributed by atoms with van der Waals surface area (Å²) in [7, 11) is -3.34. The third-order valence-electron chi connectivity index (χ3n) is 4.32. The van der Waals surface area contributed by atoms with Crippen LogP contribution < -0.4 is 4.72 Å². The summed E-state index contributed by atoms with van der Waals surface area (Å²) in [5.74, 6) is 0.736. The fourth-order valence-corrected chi connectivity index (χ4v) is 3.79. The summed E-state index contributed by atoms with van der Waals surface area (Å²) in [5, 5.41) is 4.06. The fourth-order valence-electron chi connectivity index (χ4n) is 3.23. The highest BCUT2D eigenvalue weighted by molar-refractivity contribution is 7.98. The predicted octanol–water partition coefficient (Wildman–Crippen LogP) is 3.86. The number of nitrogens with one attached hydrogen (secondary N) is 1. The molecule has 3 aromatic heterocycles. The van der Waals surface area contributed by atoms with Crippen molar-refractivity contribution < 1.29 is 13.3 Å². The highest BCUT2D eigenvalue weighted by atomic mass is 32.3. The van der Waals surface area contributed by atoms with Gasteiger partial charge in [-0.05, 0) is 43.2 Å². The van der Waals surface area contributed by atoms with Crippen LogP contribution in [0, 0.1) is 13.8 Å². The van der Waals surface area contributed by atoms with Gasteiger partial charge in [-0.3, -0.25) is 0 Å². The van der Waals surface area contributed by atoms with E-state index < -0.39 is 10.4 Å². The number of nitrogens with zero attached hydrogens (tertiary/aromatic N) is 3. The molecule has 1 atom stereocenters. The lowest BCUT2D eigenvalue weighted by Gasteiger charge is -2.13. The van der Waals surface area contributed by atoms with Crippen LogP contribution in [0.3, 0.4) is 0 Å². The van der Waals surface area contributed by atoms with E-state index in [1.807, 2.05) is 42.6 Å². The van der Waals surface area contributed by atoms with Crippen LogP contribution in [0.25, 0.3) is 27.8 Å². The number of benzene rings is 1. The summed E-state index contributed by atoms with van der Waals surface area (Å²) in [6.45, 7) is 3.79. The predicted molar refractivity (Wildman–Crippen MR) is 104 cm³/mol. The number of aromatic nitrogens is 3. The number of sulfonamides is 1. The Morgan fingerprint density at radius 2 is 2.04 bits per heavy atom. The molecule has 0 fully saturated rings. The van der Waals surface area contributed by atoms with Crippen molar-refractivity contribution in [2.45, 2.75) is 13.8 Å². The van der Waals surface area contributed by atoms with Crippen LogP contribution in [0.2, 0.25) is 0 Å². The molecule has 0 aliphatic heterocycles. The molecule has 8 heteroatoms. The van der Waals surface area contributed by atoms with E-state index in [0.29, 0.717) is 5.69 Å². The SMILES string of the molecule is Cc1noc(C)c1-c1cc(-c2cccc(N[S+](C)(=O)[O-])c2)cn2cncc12. The zero-order valence-electron chi connectivity index (χ0n) is 15.1. The van der Waals surface area contributed by atoms with Crippen molar-refractivity contribution in [1.29, 1.82) is 0 Å². The molecule has 138 valence electrons. The molecule has 0 aliphatic carbocycles. The minimum absolute atomic E-state index is 0.514. The van der Waals surface area contributed by atoms with E-state index in [1.165, 1.54) is 0 Å². The molecule has 7 nitrogen and oxygen atoms in total. The van der Waals surface area contributed by atoms with Gasteiger partial charge in [0.2, 0.25) is 0 Å². The molecular weight excluding hydrogens is 364 g/mol. The average Bonchev–Trinajstić information content (AvgIpc) is 3.19. The molecule has 1 unspecified atom stereocenters. The zero-order valence-corrected chi connectivity index (χ0v) is 15.9. The van der Waals surface area contributed by atoms with Crippen molar-refractivity contribution in [3.05, 3.63) is 60.5 Å². The van der Waals surface area contributed by atoms with Gasteiger partial charge >= 0.3 is 0 Å². The number of aryl methyl sites for hydroxylation is 2. The standard InChI is InChI=1S/C19H18N4O3S/c1-12-19(13(2)26-21-12)17-8-15(10-23-11-20-9-18(17)23)14-5-4-6-16(7-14)22-27(3,24)25/h4-11H,1-3H3,(H-,22,24,25). The molecule has 0 radical (unpaired) electrons. The second-order valence-electron chi connectivity index (χ2n) is 6.48. The van der Waals surface area contributed by atoms with Gasteiger partial charge in [0.15, 0.2) is 0 Å². The smallest absolute Gasteiger partial charge is 0.142 e. The van der Waals surface area contributed by atoms with E-state index in [4.69, 9.17) is 4.52 Å².